The lowest BCUT2D eigenvalue weighted by Gasteiger charge is -2.25. The van der Waals surface area contributed by atoms with E-state index in [-0.39, 0.29) is 19.3 Å². The van der Waals surface area contributed by atoms with Crippen molar-refractivity contribution in [3.8, 4) is 0 Å². The van der Waals surface area contributed by atoms with Gasteiger partial charge in [0.15, 0.2) is 0 Å². The number of amides is 4. The van der Waals surface area contributed by atoms with Crippen molar-refractivity contribution in [2.45, 2.75) is 62.7 Å². The molecule has 2 heterocycles. The molecule has 15 heteroatoms. The van der Waals surface area contributed by atoms with Gasteiger partial charge < -0.3 is 48.2 Å². The number of benzene rings is 1. The Labute approximate surface area is 241 Å². The van der Waals surface area contributed by atoms with Gasteiger partial charge in [0.1, 0.15) is 18.1 Å². The average Bonchev–Trinajstić information content (AvgIpc) is 3.61. The molecule has 42 heavy (non-hydrogen) atoms. The molecule has 3 aromatic rings. The maximum Gasteiger partial charge on any atom is 0.326 e. The van der Waals surface area contributed by atoms with Gasteiger partial charge in [0.2, 0.25) is 23.6 Å². The van der Waals surface area contributed by atoms with E-state index in [1.54, 1.807) is 6.20 Å². The molecule has 0 saturated carbocycles. The van der Waals surface area contributed by atoms with Crippen LogP contribution in [0.5, 0.6) is 0 Å². The van der Waals surface area contributed by atoms with Gasteiger partial charge in [0.05, 0.1) is 18.8 Å². The molecule has 3 rings (SSSR count). The molecule has 0 saturated heterocycles. The van der Waals surface area contributed by atoms with Crippen LogP contribution in [0, 0.1) is 0 Å². The summed E-state index contributed by atoms with van der Waals surface area (Å²) in [5.41, 5.74) is 19.3. The molecule has 226 valence electrons. The first-order valence-corrected chi connectivity index (χ1v) is 13.5. The van der Waals surface area contributed by atoms with E-state index >= 15 is 0 Å². The van der Waals surface area contributed by atoms with Crippen LogP contribution >= 0.6 is 0 Å². The molecule has 0 radical (unpaired) electrons. The summed E-state index contributed by atoms with van der Waals surface area (Å²) in [4.78, 5) is 72.5. The fraction of sp³-hybridized carbons (Fsp3) is 0.407. The SMILES string of the molecule is NCCCCC(NC(=O)C(N)Cc1c[nH]c2ccccc12)C(=O)NC(CC(N)=O)C(=O)NC(Cc1cnc[nH]1)C(=O)O. The molecule has 0 fully saturated rings. The highest BCUT2D eigenvalue weighted by molar-refractivity contribution is 5.96. The van der Waals surface area contributed by atoms with Crippen LogP contribution in [-0.4, -0.2) is 80.4 Å². The van der Waals surface area contributed by atoms with Gasteiger partial charge in [0.25, 0.3) is 0 Å². The molecule has 4 amide bonds. The van der Waals surface area contributed by atoms with Crippen molar-refractivity contribution in [1.82, 2.24) is 30.9 Å². The lowest BCUT2D eigenvalue weighted by atomic mass is 10.0. The van der Waals surface area contributed by atoms with Crippen LogP contribution in [0.4, 0.5) is 0 Å². The van der Waals surface area contributed by atoms with Crippen molar-refractivity contribution in [2.75, 3.05) is 6.54 Å². The summed E-state index contributed by atoms with van der Waals surface area (Å²) in [6.07, 6.45) is 5.24. The minimum Gasteiger partial charge on any atom is -0.480 e. The summed E-state index contributed by atoms with van der Waals surface area (Å²) >= 11 is 0. The molecule has 0 aliphatic heterocycles. The first kappa shape index (κ1) is 31.8. The molecule has 4 unspecified atom stereocenters. The summed E-state index contributed by atoms with van der Waals surface area (Å²) in [6.45, 7) is 0.363. The Hall–Kier alpha value is -4.76. The van der Waals surface area contributed by atoms with Crippen molar-refractivity contribution in [2.24, 2.45) is 17.2 Å². The number of hydrogen-bond acceptors (Lipinski definition) is 8. The molecule has 12 N–H and O–H groups in total. The summed E-state index contributed by atoms with van der Waals surface area (Å²) < 4.78 is 0. The number of aromatic nitrogens is 3. The fourth-order valence-corrected chi connectivity index (χ4v) is 4.44. The van der Waals surface area contributed by atoms with Gasteiger partial charge >= 0.3 is 5.97 Å². The summed E-state index contributed by atoms with van der Waals surface area (Å²) in [5, 5.41) is 17.9. The second kappa shape index (κ2) is 15.3. The first-order chi connectivity index (χ1) is 20.1. The van der Waals surface area contributed by atoms with Crippen LogP contribution in [0.2, 0.25) is 0 Å². The standard InChI is InChI=1S/C27H37N9O6/c28-8-4-3-7-20(34-24(38)18(29)9-15-12-32-19-6-2-1-5-17(15)19)25(39)35-21(11-23(30)37)26(40)36-22(27(41)42)10-16-13-31-14-33-16/h1-2,5-6,12-14,18,20-22,32H,3-4,7-11,28-29H2,(H2,30,37)(H,31,33)(H,34,38)(H,35,39)(H,36,40)(H,41,42). The van der Waals surface area contributed by atoms with Gasteiger partial charge in [-0.15, -0.1) is 0 Å². The van der Waals surface area contributed by atoms with E-state index < -0.39 is 60.2 Å². The quantitative estimate of drug-likeness (QED) is 0.0840. The normalized spacial score (nSPS) is 14.0. The Morgan fingerprint density at radius 2 is 1.60 bits per heavy atom. The summed E-state index contributed by atoms with van der Waals surface area (Å²) in [7, 11) is 0. The molecular weight excluding hydrogens is 546 g/mol. The number of nitrogens with zero attached hydrogens (tertiary/aromatic N) is 1. The smallest absolute Gasteiger partial charge is 0.326 e. The lowest BCUT2D eigenvalue weighted by molar-refractivity contribution is -0.142. The number of carboxylic acids is 1. The van der Waals surface area contributed by atoms with Gasteiger partial charge in [-0.3, -0.25) is 19.2 Å². The van der Waals surface area contributed by atoms with Crippen LogP contribution in [0.1, 0.15) is 36.9 Å². The van der Waals surface area contributed by atoms with Gasteiger partial charge in [-0.05, 0) is 43.9 Å². The second-order valence-corrected chi connectivity index (χ2v) is 9.93. The number of carbonyl (C=O) groups excluding carboxylic acids is 4. The Bertz CT molecular complexity index is 1370. The number of carbonyl (C=O) groups is 5. The van der Waals surface area contributed by atoms with Crippen LogP contribution < -0.4 is 33.2 Å². The summed E-state index contributed by atoms with van der Waals surface area (Å²) in [6, 6.07) is 2.59. The minimum atomic E-state index is -1.49. The van der Waals surface area contributed by atoms with Crippen LogP contribution in [0.15, 0.2) is 43.0 Å². The molecule has 2 aromatic heterocycles. The molecule has 1 aromatic carbocycles. The number of hydrogen-bond donors (Lipinski definition) is 9. The van der Waals surface area contributed by atoms with E-state index in [9.17, 15) is 29.1 Å². The first-order valence-electron chi connectivity index (χ1n) is 13.5. The number of aromatic amines is 2. The highest BCUT2D eigenvalue weighted by Gasteiger charge is 2.31. The third-order valence-corrected chi connectivity index (χ3v) is 6.66. The third kappa shape index (κ3) is 9.14. The molecule has 0 aliphatic carbocycles. The van der Waals surface area contributed by atoms with E-state index in [0.29, 0.717) is 25.1 Å². The predicted octanol–water partition coefficient (Wildman–Crippen LogP) is -1.45. The fourth-order valence-electron chi connectivity index (χ4n) is 4.44. The Balaban J connectivity index is 1.69. The van der Waals surface area contributed by atoms with Gasteiger partial charge in [-0.25, -0.2) is 9.78 Å². The van der Waals surface area contributed by atoms with E-state index in [4.69, 9.17) is 17.2 Å². The number of primary amides is 1. The third-order valence-electron chi connectivity index (χ3n) is 6.66. The Morgan fingerprint density at radius 1 is 0.905 bits per heavy atom. The van der Waals surface area contributed by atoms with E-state index in [0.717, 1.165) is 16.5 Å². The van der Waals surface area contributed by atoms with Gasteiger partial charge in [0, 0.05) is 35.4 Å². The molecule has 4 atom stereocenters. The molecular formula is C27H37N9O6. The van der Waals surface area contributed by atoms with E-state index in [2.05, 4.69) is 30.9 Å². The molecule has 0 spiro atoms. The lowest BCUT2D eigenvalue weighted by Crippen LogP contribution is -2.58. The number of rotatable bonds is 17. The van der Waals surface area contributed by atoms with E-state index in [1.807, 2.05) is 24.3 Å². The van der Waals surface area contributed by atoms with Crippen molar-refractivity contribution < 1.29 is 29.1 Å². The minimum absolute atomic E-state index is 0.121. The number of H-pyrrole nitrogens is 2. The second-order valence-electron chi connectivity index (χ2n) is 9.93. The van der Waals surface area contributed by atoms with Crippen LogP contribution in [0.25, 0.3) is 10.9 Å². The number of para-hydroxylation sites is 1. The predicted molar refractivity (Wildman–Crippen MR) is 152 cm³/mol. The van der Waals surface area contributed by atoms with Crippen molar-refractivity contribution >= 4 is 40.5 Å². The van der Waals surface area contributed by atoms with E-state index in [1.165, 1.54) is 12.5 Å². The van der Waals surface area contributed by atoms with Crippen molar-refractivity contribution in [3.05, 3.63) is 54.2 Å². The maximum absolute atomic E-state index is 13.3. The molecule has 15 nitrogen and oxygen atoms in total. The largest absolute Gasteiger partial charge is 0.480 e. The van der Waals surface area contributed by atoms with Crippen molar-refractivity contribution in [1.29, 1.82) is 0 Å². The number of fused-ring (bicyclic) bond motifs is 1. The average molecular weight is 584 g/mol. The number of imidazole rings is 1. The zero-order chi connectivity index (χ0) is 30.6. The number of carboxylic acid groups (broad SMARTS) is 1. The van der Waals surface area contributed by atoms with Crippen LogP contribution in [-0.2, 0) is 36.8 Å². The zero-order valence-corrected chi connectivity index (χ0v) is 23.0. The number of nitrogens with two attached hydrogens (primary N) is 3. The molecule has 0 aliphatic rings. The number of aliphatic carboxylic acids is 1. The van der Waals surface area contributed by atoms with Crippen molar-refractivity contribution in [3.63, 3.8) is 0 Å². The topological polar surface area (TPSA) is 264 Å². The highest BCUT2D eigenvalue weighted by Crippen LogP contribution is 2.19. The maximum atomic E-state index is 13.3. The highest BCUT2D eigenvalue weighted by atomic mass is 16.4. The monoisotopic (exact) mass is 583 g/mol. The Kier molecular flexibility index (Phi) is 11.6. The number of nitrogens with one attached hydrogen (secondary N) is 5. The number of unbranched alkanes of at least 4 members (excludes halogenated alkanes) is 1. The molecule has 0 bridgehead atoms. The summed E-state index contributed by atoms with van der Waals surface area (Å²) in [5.74, 6) is -4.52. The van der Waals surface area contributed by atoms with Gasteiger partial charge in [-0.1, -0.05) is 18.2 Å². The van der Waals surface area contributed by atoms with Gasteiger partial charge in [-0.2, -0.15) is 0 Å². The Morgan fingerprint density at radius 3 is 2.26 bits per heavy atom. The zero-order valence-electron chi connectivity index (χ0n) is 23.0. The van der Waals surface area contributed by atoms with Crippen LogP contribution in [0.3, 0.4) is 0 Å².